The molecule has 0 aromatic heterocycles. The van der Waals surface area contributed by atoms with E-state index in [0.29, 0.717) is 10.7 Å². The molecule has 1 saturated carbocycles. The summed E-state index contributed by atoms with van der Waals surface area (Å²) in [5.74, 6) is 0. The number of nitrogens with one attached hydrogen (secondary N) is 1. The van der Waals surface area contributed by atoms with Crippen molar-refractivity contribution in [2.75, 3.05) is 5.32 Å². The molecule has 19 heavy (non-hydrogen) atoms. The van der Waals surface area contributed by atoms with Crippen molar-refractivity contribution in [1.82, 2.24) is 0 Å². The molecule has 1 aromatic rings. The number of rotatable bonds is 3. The lowest BCUT2D eigenvalue weighted by atomic mass is 10.0. The summed E-state index contributed by atoms with van der Waals surface area (Å²) < 4.78 is 0. The van der Waals surface area contributed by atoms with Crippen molar-refractivity contribution < 1.29 is 4.92 Å². The summed E-state index contributed by atoms with van der Waals surface area (Å²) in [5.41, 5.74) is 0.524. The summed E-state index contributed by atoms with van der Waals surface area (Å²) in [5, 5.41) is 14.8. The van der Waals surface area contributed by atoms with Crippen LogP contribution in [0.5, 0.6) is 0 Å². The van der Waals surface area contributed by atoms with Crippen LogP contribution in [0.2, 0.25) is 10.0 Å². The van der Waals surface area contributed by atoms with Crippen LogP contribution in [0, 0.1) is 20.9 Å². The summed E-state index contributed by atoms with van der Waals surface area (Å²) in [6.45, 7) is 8.53. The fraction of sp³-hybridized carbons (Fsp3) is 0.538. The highest BCUT2D eigenvalue weighted by molar-refractivity contribution is 6.42. The zero-order valence-electron chi connectivity index (χ0n) is 11.3. The normalized spacial score (nSPS) is 20.1. The third-order valence-corrected chi connectivity index (χ3v) is 5.28. The lowest BCUT2D eigenvalue weighted by Crippen LogP contribution is -2.11. The van der Waals surface area contributed by atoms with Gasteiger partial charge in [-0.3, -0.25) is 10.1 Å². The van der Waals surface area contributed by atoms with E-state index in [2.05, 4.69) is 33.0 Å². The van der Waals surface area contributed by atoms with Gasteiger partial charge in [-0.15, -0.1) is 0 Å². The first-order chi connectivity index (χ1) is 8.59. The minimum absolute atomic E-state index is 0.0482. The molecule has 1 aliphatic carbocycles. The minimum Gasteiger partial charge on any atom is -0.376 e. The van der Waals surface area contributed by atoms with E-state index in [4.69, 9.17) is 23.2 Å². The van der Waals surface area contributed by atoms with Gasteiger partial charge in [-0.25, -0.2) is 0 Å². The van der Waals surface area contributed by atoms with Gasteiger partial charge in [0.05, 0.1) is 15.0 Å². The number of anilines is 1. The van der Waals surface area contributed by atoms with Crippen LogP contribution in [0.15, 0.2) is 12.1 Å². The van der Waals surface area contributed by atoms with E-state index in [9.17, 15) is 10.1 Å². The van der Waals surface area contributed by atoms with Gasteiger partial charge in [0.25, 0.3) is 5.69 Å². The molecule has 0 radical (unpaired) electrons. The molecule has 0 unspecified atom stereocenters. The lowest BCUT2D eigenvalue weighted by molar-refractivity contribution is -0.384. The Morgan fingerprint density at radius 2 is 1.63 bits per heavy atom. The van der Waals surface area contributed by atoms with Crippen LogP contribution in [-0.4, -0.2) is 11.0 Å². The van der Waals surface area contributed by atoms with Gasteiger partial charge in [0, 0.05) is 12.1 Å². The van der Waals surface area contributed by atoms with Gasteiger partial charge < -0.3 is 5.32 Å². The van der Waals surface area contributed by atoms with E-state index >= 15 is 0 Å². The third-order valence-electron chi connectivity index (χ3n) is 4.56. The maximum absolute atomic E-state index is 11.1. The van der Waals surface area contributed by atoms with Gasteiger partial charge in [-0.05, 0) is 16.9 Å². The zero-order valence-corrected chi connectivity index (χ0v) is 12.8. The van der Waals surface area contributed by atoms with E-state index in [1.54, 1.807) is 0 Å². The molecule has 4 nitrogen and oxygen atoms in total. The van der Waals surface area contributed by atoms with Gasteiger partial charge in [0.1, 0.15) is 5.69 Å². The molecule has 2 rings (SSSR count). The Kier molecular flexibility index (Phi) is 3.22. The van der Waals surface area contributed by atoms with Crippen LogP contribution < -0.4 is 5.32 Å². The highest BCUT2D eigenvalue weighted by Crippen LogP contribution is 2.64. The van der Waals surface area contributed by atoms with Crippen molar-refractivity contribution in [3.63, 3.8) is 0 Å². The molecule has 0 aliphatic heterocycles. The number of nitro groups is 1. The number of nitrogens with zero attached hydrogens (tertiary/aromatic N) is 1. The second kappa shape index (κ2) is 4.25. The molecule has 1 N–H and O–H groups in total. The van der Waals surface area contributed by atoms with Gasteiger partial charge in [0.15, 0.2) is 0 Å². The summed E-state index contributed by atoms with van der Waals surface area (Å²) in [4.78, 5) is 10.6. The molecular weight excluding hydrogens is 287 g/mol. The van der Waals surface area contributed by atoms with Crippen LogP contribution in [0.25, 0.3) is 0 Å². The van der Waals surface area contributed by atoms with Crippen molar-refractivity contribution in [2.24, 2.45) is 10.8 Å². The third kappa shape index (κ3) is 2.17. The molecule has 104 valence electrons. The van der Waals surface area contributed by atoms with E-state index in [0.717, 1.165) is 0 Å². The van der Waals surface area contributed by atoms with Crippen LogP contribution in [0.3, 0.4) is 0 Å². The molecule has 0 saturated heterocycles. The highest BCUT2D eigenvalue weighted by Gasteiger charge is 2.65. The predicted molar refractivity (Wildman–Crippen MR) is 78.1 cm³/mol. The van der Waals surface area contributed by atoms with Crippen LogP contribution in [0.1, 0.15) is 27.7 Å². The van der Waals surface area contributed by atoms with Gasteiger partial charge >= 0.3 is 0 Å². The molecule has 0 amide bonds. The predicted octanol–water partition coefficient (Wildman–Crippen LogP) is 4.75. The standard InChI is InChI=1S/C13H16Cl2N2O2/c1-12(2)11(13(12,3)4)16-9-5-7(14)8(15)6-10(9)17(18)19/h5-6,11,16H,1-4H3. The average molecular weight is 303 g/mol. The fourth-order valence-electron chi connectivity index (χ4n) is 2.52. The highest BCUT2D eigenvalue weighted by atomic mass is 35.5. The van der Waals surface area contributed by atoms with Crippen molar-refractivity contribution in [1.29, 1.82) is 0 Å². The van der Waals surface area contributed by atoms with Crippen molar-refractivity contribution in [3.8, 4) is 0 Å². The van der Waals surface area contributed by atoms with Crippen molar-refractivity contribution in [2.45, 2.75) is 33.7 Å². The second-order valence-corrected chi connectivity index (χ2v) is 6.88. The molecule has 0 bridgehead atoms. The summed E-state index contributed by atoms with van der Waals surface area (Å²) in [7, 11) is 0. The smallest absolute Gasteiger partial charge is 0.293 e. The molecular formula is C13H16Cl2N2O2. The summed E-state index contributed by atoms with van der Waals surface area (Å²) >= 11 is 11.8. The molecule has 0 spiro atoms. The number of benzene rings is 1. The van der Waals surface area contributed by atoms with Gasteiger partial charge in [-0.2, -0.15) is 0 Å². The Morgan fingerprint density at radius 3 is 2.05 bits per heavy atom. The van der Waals surface area contributed by atoms with Crippen molar-refractivity contribution in [3.05, 3.63) is 32.3 Å². The largest absolute Gasteiger partial charge is 0.376 e. The molecule has 0 heterocycles. The first-order valence-electron chi connectivity index (χ1n) is 5.99. The first-order valence-corrected chi connectivity index (χ1v) is 6.74. The van der Waals surface area contributed by atoms with Crippen LogP contribution in [-0.2, 0) is 0 Å². The SMILES string of the molecule is CC1(C)C(Nc2cc(Cl)c(Cl)cc2[N+](=O)[O-])C1(C)C. The minimum atomic E-state index is -0.451. The number of nitro benzene ring substituents is 1. The van der Waals surface area contributed by atoms with Crippen LogP contribution >= 0.6 is 23.2 Å². The summed E-state index contributed by atoms with van der Waals surface area (Å²) in [6, 6.07) is 2.97. The average Bonchev–Trinajstić information content (AvgIpc) is 2.65. The topological polar surface area (TPSA) is 55.2 Å². The molecule has 1 aromatic carbocycles. The Hall–Kier alpha value is -1.00. The molecule has 1 fully saturated rings. The monoisotopic (exact) mass is 302 g/mol. The second-order valence-electron chi connectivity index (χ2n) is 6.06. The van der Waals surface area contributed by atoms with E-state index in [1.807, 2.05) is 0 Å². The maximum Gasteiger partial charge on any atom is 0.293 e. The Morgan fingerprint density at radius 1 is 1.16 bits per heavy atom. The van der Waals surface area contributed by atoms with Crippen molar-refractivity contribution >= 4 is 34.6 Å². The maximum atomic E-state index is 11.1. The summed E-state index contributed by atoms with van der Waals surface area (Å²) in [6.07, 6.45) is 0. The van der Waals surface area contributed by atoms with E-state index in [-0.39, 0.29) is 27.6 Å². The van der Waals surface area contributed by atoms with Gasteiger partial charge in [0.2, 0.25) is 0 Å². The fourth-order valence-corrected chi connectivity index (χ4v) is 2.84. The Labute approximate surface area is 122 Å². The van der Waals surface area contributed by atoms with E-state index in [1.165, 1.54) is 12.1 Å². The Bertz CT molecular complexity index is 542. The molecule has 6 heteroatoms. The lowest BCUT2D eigenvalue weighted by Gasteiger charge is -2.10. The van der Waals surface area contributed by atoms with Crippen LogP contribution in [0.4, 0.5) is 11.4 Å². The quantitative estimate of drug-likeness (QED) is 0.647. The number of halogens is 2. The molecule has 0 atom stereocenters. The first kappa shape index (κ1) is 14.4. The number of hydrogen-bond acceptors (Lipinski definition) is 3. The van der Waals surface area contributed by atoms with Gasteiger partial charge in [-0.1, -0.05) is 50.9 Å². The Balaban J connectivity index is 2.36. The number of hydrogen-bond donors (Lipinski definition) is 1. The molecule has 1 aliphatic rings. The zero-order chi connectivity index (χ0) is 14.6. The van der Waals surface area contributed by atoms with E-state index < -0.39 is 4.92 Å².